The SMILES string of the molecule is Cc1ccc2c(c1)-c1nccc3cccc(c13)C2(C)C. The monoisotopic (exact) mass is 259 g/mol. The van der Waals surface area contributed by atoms with E-state index in [-0.39, 0.29) is 5.41 Å². The van der Waals surface area contributed by atoms with E-state index in [1.165, 1.54) is 33.0 Å². The van der Waals surface area contributed by atoms with Crippen LogP contribution in [0.3, 0.4) is 0 Å². The van der Waals surface area contributed by atoms with Crippen molar-refractivity contribution >= 4 is 10.8 Å². The number of hydrogen-bond acceptors (Lipinski definition) is 1. The van der Waals surface area contributed by atoms with Crippen LogP contribution >= 0.6 is 0 Å². The highest BCUT2D eigenvalue weighted by molar-refractivity contribution is 6.01. The summed E-state index contributed by atoms with van der Waals surface area (Å²) < 4.78 is 0. The van der Waals surface area contributed by atoms with Crippen LogP contribution in [0.2, 0.25) is 0 Å². The van der Waals surface area contributed by atoms with Gasteiger partial charge in [0, 0.05) is 22.6 Å². The van der Waals surface area contributed by atoms with Crippen molar-refractivity contribution in [1.29, 1.82) is 0 Å². The second-order valence-electron chi connectivity index (χ2n) is 6.24. The minimum atomic E-state index is 0.0264. The lowest BCUT2D eigenvalue weighted by Crippen LogP contribution is -2.24. The molecule has 0 unspecified atom stereocenters. The van der Waals surface area contributed by atoms with E-state index in [0.717, 1.165) is 5.69 Å². The van der Waals surface area contributed by atoms with Gasteiger partial charge >= 0.3 is 0 Å². The van der Waals surface area contributed by atoms with E-state index in [4.69, 9.17) is 0 Å². The topological polar surface area (TPSA) is 12.9 Å². The van der Waals surface area contributed by atoms with Crippen molar-refractivity contribution in [2.75, 3.05) is 0 Å². The van der Waals surface area contributed by atoms with Crippen LogP contribution in [0, 0.1) is 6.92 Å². The largest absolute Gasteiger partial charge is 0.256 e. The number of nitrogens with zero attached hydrogens (tertiary/aromatic N) is 1. The van der Waals surface area contributed by atoms with Gasteiger partial charge in [0.2, 0.25) is 0 Å². The van der Waals surface area contributed by atoms with Crippen LogP contribution in [0.1, 0.15) is 30.5 Å². The molecule has 0 bridgehead atoms. The van der Waals surface area contributed by atoms with Crippen molar-refractivity contribution in [3.8, 4) is 11.3 Å². The van der Waals surface area contributed by atoms with Crippen LogP contribution in [0.15, 0.2) is 48.7 Å². The smallest absolute Gasteiger partial charge is 0.0786 e. The Balaban J connectivity index is 2.26. The van der Waals surface area contributed by atoms with Gasteiger partial charge in [0.1, 0.15) is 0 Å². The van der Waals surface area contributed by atoms with Crippen molar-refractivity contribution in [3.63, 3.8) is 0 Å². The molecule has 0 amide bonds. The minimum absolute atomic E-state index is 0.0264. The first-order valence-electron chi connectivity index (χ1n) is 7.09. The fourth-order valence-electron chi connectivity index (χ4n) is 3.50. The number of aryl methyl sites for hydroxylation is 1. The molecule has 0 fully saturated rings. The number of aromatic nitrogens is 1. The van der Waals surface area contributed by atoms with Gasteiger partial charge in [-0.2, -0.15) is 0 Å². The Kier molecular flexibility index (Phi) is 2.15. The molecule has 1 aliphatic rings. The molecule has 20 heavy (non-hydrogen) atoms. The zero-order valence-corrected chi connectivity index (χ0v) is 12.1. The molecule has 2 aromatic carbocycles. The van der Waals surface area contributed by atoms with E-state index in [0.29, 0.717) is 0 Å². The third-order valence-corrected chi connectivity index (χ3v) is 4.57. The molecule has 4 rings (SSSR count). The first-order valence-corrected chi connectivity index (χ1v) is 7.09. The van der Waals surface area contributed by atoms with E-state index < -0.39 is 0 Å². The van der Waals surface area contributed by atoms with Crippen LogP contribution in [-0.4, -0.2) is 4.98 Å². The molecule has 0 saturated carbocycles. The summed E-state index contributed by atoms with van der Waals surface area (Å²) in [5.41, 5.74) is 6.50. The minimum Gasteiger partial charge on any atom is -0.256 e. The Morgan fingerprint density at radius 2 is 1.80 bits per heavy atom. The number of hydrogen-bond donors (Lipinski definition) is 0. The first-order chi connectivity index (χ1) is 9.59. The van der Waals surface area contributed by atoms with Crippen molar-refractivity contribution < 1.29 is 0 Å². The van der Waals surface area contributed by atoms with Gasteiger partial charge in [-0.05, 0) is 35.6 Å². The van der Waals surface area contributed by atoms with Gasteiger partial charge in [-0.15, -0.1) is 0 Å². The maximum absolute atomic E-state index is 4.69. The van der Waals surface area contributed by atoms with Crippen molar-refractivity contribution in [2.24, 2.45) is 0 Å². The molecule has 0 atom stereocenters. The molecule has 1 aliphatic carbocycles. The van der Waals surface area contributed by atoms with Gasteiger partial charge < -0.3 is 0 Å². The molecule has 1 aromatic heterocycles. The van der Waals surface area contributed by atoms with Gasteiger partial charge in [-0.3, -0.25) is 4.98 Å². The predicted molar refractivity (Wildman–Crippen MR) is 84.0 cm³/mol. The van der Waals surface area contributed by atoms with E-state index in [2.05, 4.69) is 68.2 Å². The standard InChI is InChI=1S/C19H17N/c1-12-7-8-15-14(11-12)18-17-13(9-10-20-18)5-4-6-16(17)19(15,2)3/h4-11H,1-3H3. The Bertz CT molecular complexity index is 838. The lowest BCUT2D eigenvalue weighted by molar-refractivity contribution is 0.644. The summed E-state index contributed by atoms with van der Waals surface area (Å²) in [4.78, 5) is 4.69. The Labute approximate surface area is 119 Å². The van der Waals surface area contributed by atoms with Gasteiger partial charge in [0.15, 0.2) is 0 Å². The molecular formula is C19H17N. The molecule has 0 spiro atoms. The van der Waals surface area contributed by atoms with E-state index >= 15 is 0 Å². The summed E-state index contributed by atoms with van der Waals surface area (Å²) in [7, 11) is 0. The van der Waals surface area contributed by atoms with Gasteiger partial charge in [0.05, 0.1) is 5.69 Å². The molecule has 1 heterocycles. The van der Waals surface area contributed by atoms with E-state index in [1.807, 2.05) is 6.20 Å². The summed E-state index contributed by atoms with van der Waals surface area (Å²) >= 11 is 0. The quantitative estimate of drug-likeness (QED) is 0.562. The number of fused-ring (bicyclic) bond motifs is 2. The molecule has 98 valence electrons. The average molecular weight is 259 g/mol. The van der Waals surface area contributed by atoms with Gasteiger partial charge in [-0.1, -0.05) is 49.7 Å². The lowest BCUT2D eigenvalue weighted by Gasteiger charge is -2.34. The summed E-state index contributed by atoms with van der Waals surface area (Å²) in [6.07, 6.45) is 1.92. The maximum atomic E-state index is 4.69. The van der Waals surface area contributed by atoms with Crippen LogP contribution in [0.4, 0.5) is 0 Å². The zero-order valence-electron chi connectivity index (χ0n) is 12.1. The third kappa shape index (κ3) is 1.35. The highest BCUT2D eigenvalue weighted by Crippen LogP contribution is 2.47. The predicted octanol–water partition coefficient (Wildman–Crippen LogP) is 4.85. The van der Waals surface area contributed by atoms with E-state index in [9.17, 15) is 0 Å². The highest BCUT2D eigenvalue weighted by atomic mass is 14.7. The molecule has 0 N–H and O–H groups in total. The normalized spacial score (nSPS) is 15.2. The average Bonchev–Trinajstić information content (AvgIpc) is 2.44. The Morgan fingerprint density at radius 3 is 2.65 bits per heavy atom. The van der Waals surface area contributed by atoms with E-state index in [1.54, 1.807) is 0 Å². The summed E-state index contributed by atoms with van der Waals surface area (Å²) in [5, 5.41) is 2.60. The first kappa shape index (κ1) is 11.7. The number of benzene rings is 2. The van der Waals surface area contributed by atoms with Crippen LogP contribution < -0.4 is 0 Å². The van der Waals surface area contributed by atoms with Crippen LogP contribution in [0.5, 0.6) is 0 Å². The van der Waals surface area contributed by atoms with Crippen LogP contribution in [0.25, 0.3) is 22.0 Å². The summed E-state index contributed by atoms with van der Waals surface area (Å²) in [6.45, 7) is 6.77. The second kappa shape index (κ2) is 3.69. The molecule has 0 aliphatic heterocycles. The molecule has 0 radical (unpaired) electrons. The molecule has 3 aromatic rings. The van der Waals surface area contributed by atoms with Gasteiger partial charge in [0.25, 0.3) is 0 Å². The Morgan fingerprint density at radius 1 is 0.950 bits per heavy atom. The fraction of sp³-hybridized carbons (Fsp3) is 0.211. The zero-order chi connectivity index (χ0) is 13.9. The van der Waals surface area contributed by atoms with Crippen molar-refractivity contribution in [3.05, 3.63) is 65.4 Å². The number of rotatable bonds is 0. The summed E-state index contributed by atoms with van der Waals surface area (Å²) in [5.74, 6) is 0. The second-order valence-corrected chi connectivity index (χ2v) is 6.24. The van der Waals surface area contributed by atoms with Crippen LogP contribution in [-0.2, 0) is 5.41 Å². The molecule has 0 saturated heterocycles. The fourth-order valence-corrected chi connectivity index (χ4v) is 3.50. The van der Waals surface area contributed by atoms with Gasteiger partial charge in [-0.25, -0.2) is 0 Å². The maximum Gasteiger partial charge on any atom is 0.0786 e. The molecule has 1 nitrogen and oxygen atoms in total. The summed E-state index contributed by atoms with van der Waals surface area (Å²) in [6, 6.07) is 15.4. The molecular weight excluding hydrogens is 242 g/mol. The Hall–Kier alpha value is -2.15. The highest BCUT2D eigenvalue weighted by Gasteiger charge is 2.33. The van der Waals surface area contributed by atoms with Crippen molar-refractivity contribution in [1.82, 2.24) is 4.98 Å². The third-order valence-electron chi connectivity index (χ3n) is 4.57. The molecule has 1 heteroatoms. The van der Waals surface area contributed by atoms with Crippen molar-refractivity contribution in [2.45, 2.75) is 26.2 Å². The lowest BCUT2D eigenvalue weighted by atomic mass is 9.69. The number of pyridine rings is 1.